The van der Waals surface area contributed by atoms with Gasteiger partial charge in [0.2, 0.25) is 5.76 Å². The van der Waals surface area contributed by atoms with Gasteiger partial charge >= 0.3 is 5.97 Å². The lowest BCUT2D eigenvalue weighted by atomic mass is 10.1. The summed E-state index contributed by atoms with van der Waals surface area (Å²) in [4.78, 5) is 14.7. The fraction of sp³-hybridized carbons (Fsp3) is 0.429. The van der Waals surface area contributed by atoms with Gasteiger partial charge < -0.3 is 9.52 Å². The van der Waals surface area contributed by atoms with Crippen LogP contribution in [0.4, 0.5) is 0 Å². The van der Waals surface area contributed by atoms with Gasteiger partial charge in [0, 0.05) is 15.9 Å². The minimum absolute atomic E-state index is 0.0474. The maximum Gasteiger partial charge on any atom is 0.373 e. The van der Waals surface area contributed by atoms with E-state index in [0.717, 1.165) is 0 Å². The topological polar surface area (TPSA) is 63.3 Å². The molecule has 0 aliphatic rings. The molecule has 1 aromatic rings. The van der Waals surface area contributed by atoms with Crippen LogP contribution in [0.3, 0.4) is 0 Å². The van der Waals surface area contributed by atoms with Crippen molar-refractivity contribution in [1.82, 2.24) is 4.98 Å². The Hall–Kier alpha value is -0.840. The summed E-state index contributed by atoms with van der Waals surface area (Å²) in [5.74, 6) is -1.13. The van der Waals surface area contributed by atoms with Crippen molar-refractivity contribution in [1.29, 1.82) is 0 Å². The van der Waals surface area contributed by atoms with Crippen LogP contribution in [0.5, 0.6) is 0 Å². The molecule has 4 nitrogen and oxygen atoms in total. The summed E-state index contributed by atoms with van der Waals surface area (Å²) in [6, 6.07) is 0. The molecule has 0 bridgehead atoms. The maximum absolute atomic E-state index is 10.6. The molecule has 12 heavy (non-hydrogen) atoms. The molecule has 1 heterocycles. The minimum atomic E-state index is -1.09. The van der Waals surface area contributed by atoms with E-state index in [4.69, 9.17) is 9.52 Å². The van der Waals surface area contributed by atoms with Crippen molar-refractivity contribution in [3.63, 3.8) is 0 Å². The summed E-state index contributed by atoms with van der Waals surface area (Å²) in [6.45, 7) is 3.72. The molecule has 66 valence electrons. The molecule has 1 rings (SSSR count). The van der Waals surface area contributed by atoms with Gasteiger partial charge in [-0.3, -0.25) is 0 Å². The molecule has 0 atom stereocenters. The number of aromatic nitrogens is 1. The summed E-state index contributed by atoms with van der Waals surface area (Å²) in [5.41, 5.74) is 0.467. The summed E-state index contributed by atoms with van der Waals surface area (Å²) in [5, 5.41) is 8.67. The molecule has 0 aromatic carbocycles. The second-order valence-corrected chi connectivity index (χ2v) is 3.32. The number of carbonyl (C=O) groups is 1. The summed E-state index contributed by atoms with van der Waals surface area (Å²) < 4.78 is 4.84. The Bertz CT molecular complexity index is 306. The Morgan fingerprint density at radius 1 is 1.67 bits per heavy atom. The lowest BCUT2D eigenvalue weighted by Gasteiger charge is -1.98. The monoisotopic (exact) mass is 233 g/mol. The fourth-order valence-electron chi connectivity index (χ4n) is 0.849. The number of hydrogen-bond acceptors (Lipinski definition) is 3. The van der Waals surface area contributed by atoms with Crippen molar-refractivity contribution in [3.8, 4) is 0 Å². The first-order valence-corrected chi connectivity index (χ1v) is 4.21. The van der Waals surface area contributed by atoms with Crippen LogP contribution in [-0.4, -0.2) is 16.1 Å². The van der Waals surface area contributed by atoms with Gasteiger partial charge in [0.25, 0.3) is 4.80 Å². The van der Waals surface area contributed by atoms with Crippen LogP contribution < -0.4 is 0 Å². The van der Waals surface area contributed by atoms with Crippen molar-refractivity contribution in [2.45, 2.75) is 19.8 Å². The highest BCUT2D eigenvalue weighted by atomic mass is 79.9. The zero-order valence-electron chi connectivity index (χ0n) is 6.67. The van der Waals surface area contributed by atoms with Crippen molar-refractivity contribution in [2.75, 3.05) is 0 Å². The summed E-state index contributed by atoms with van der Waals surface area (Å²) in [7, 11) is 0. The average molecular weight is 234 g/mol. The first-order valence-electron chi connectivity index (χ1n) is 3.42. The largest absolute Gasteiger partial charge is 0.475 e. The molecule has 0 aliphatic carbocycles. The van der Waals surface area contributed by atoms with E-state index in [1.807, 2.05) is 13.8 Å². The molecular formula is C7H8BrNO3. The molecule has 0 spiro atoms. The van der Waals surface area contributed by atoms with Crippen molar-refractivity contribution in [3.05, 3.63) is 16.3 Å². The highest BCUT2D eigenvalue weighted by Gasteiger charge is 2.20. The average Bonchev–Trinajstić information content (AvgIpc) is 2.31. The van der Waals surface area contributed by atoms with Crippen LogP contribution in [0, 0.1) is 0 Å². The highest BCUT2D eigenvalue weighted by Crippen LogP contribution is 2.22. The highest BCUT2D eigenvalue weighted by molar-refractivity contribution is 9.10. The van der Waals surface area contributed by atoms with Crippen molar-refractivity contribution < 1.29 is 14.3 Å². The third kappa shape index (κ3) is 1.66. The number of halogens is 1. The normalized spacial score (nSPS) is 10.7. The zero-order valence-corrected chi connectivity index (χ0v) is 8.25. The van der Waals surface area contributed by atoms with E-state index in [-0.39, 0.29) is 16.5 Å². The van der Waals surface area contributed by atoms with E-state index >= 15 is 0 Å². The number of rotatable bonds is 2. The Morgan fingerprint density at radius 3 is 2.58 bits per heavy atom. The molecule has 1 aromatic heterocycles. The van der Waals surface area contributed by atoms with Gasteiger partial charge in [0.1, 0.15) is 0 Å². The SMILES string of the molecule is CC(C)c1nc(Br)oc1C(=O)O. The van der Waals surface area contributed by atoms with Gasteiger partial charge in [0.05, 0.1) is 5.69 Å². The molecule has 1 N–H and O–H groups in total. The quantitative estimate of drug-likeness (QED) is 0.852. The van der Waals surface area contributed by atoms with Gasteiger partial charge in [-0.25, -0.2) is 9.78 Å². The van der Waals surface area contributed by atoms with Gasteiger partial charge in [-0.05, 0) is 5.92 Å². The van der Waals surface area contributed by atoms with E-state index in [2.05, 4.69) is 20.9 Å². The lowest BCUT2D eigenvalue weighted by Crippen LogP contribution is -2.01. The first-order chi connectivity index (χ1) is 5.52. The number of nitrogens with zero attached hydrogens (tertiary/aromatic N) is 1. The van der Waals surface area contributed by atoms with Gasteiger partial charge in [-0.2, -0.15) is 0 Å². The lowest BCUT2D eigenvalue weighted by molar-refractivity contribution is 0.0658. The number of aromatic carboxylic acids is 1. The van der Waals surface area contributed by atoms with Crippen molar-refractivity contribution in [2.24, 2.45) is 0 Å². The van der Waals surface area contributed by atoms with E-state index in [1.165, 1.54) is 0 Å². The van der Waals surface area contributed by atoms with Crippen LogP contribution >= 0.6 is 15.9 Å². The summed E-state index contributed by atoms with van der Waals surface area (Å²) in [6.07, 6.45) is 0. The number of oxazole rings is 1. The van der Waals surface area contributed by atoms with E-state index in [0.29, 0.717) is 5.69 Å². The smallest absolute Gasteiger partial charge is 0.373 e. The number of carboxylic acids is 1. The molecule has 5 heteroatoms. The number of hydrogen-bond donors (Lipinski definition) is 1. The van der Waals surface area contributed by atoms with Crippen LogP contribution in [0.1, 0.15) is 36.0 Å². The van der Waals surface area contributed by atoms with E-state index in [1.54, 1.807) is 0 Å². The molecule has 0 saturated carbocycles. The van der Waals surface area contributed by atoms with Crippen LogP contribution in [0.25, 0.3) is 0 Å². The van der Waals surface area contributed by atoms with Crippen LogP contribution in [-0.2, 0) is 0 Å². The molecule has 0 unspecified atom stereocenters. The molecule has 0 radical (unpaired) electrons. The molecule has 0 saturated heterocycles. The fourth-order valence-corrected chi connectivity index (χ4v) is 1.20. The Balaban J connectivity index is 3.17. The molecule has 0 fully saturated rings. The van der Waals surface area contributed by atoms with Gasteiger partial charge in [-0.1, -0.05) is 13.8 Å². The molecule has 0 amide bonds. The third-order valence-corrected chi connectivity index (χ3v) is 1.71. The first kappa shape index (κ1) is 9.25. The Labute approximate surface area is 77.7 Å². The molecule has 0 aliphatic heterocycles. The van der Waals surface area contributed by atoms with Crippen LogP contribution in [0.15, 0.2) is 9.22 Å². The summed E-state index contributed by atoms with van der Waals surface area (Å²) >= 11 is 2.98. The van der Waals surface area contributed by atoms with Crippen molar-refractivity contribution >= 4 is 21.9 Å². The van der Waals surface area contributed by atoms with E-state index < -0.39 is 5.97 Å². The predicted octanol–water partition coefficient (Wildman–Crippen LogP) is 2.26. The molecular weight excluding hydrogens is 226 g/mol. The zero-order chi connectivity index (χ0) is 9.30. The Kier molecular flexibility index (Phi) is 2.52. The van der Waals surface area contributed by atoms with Gasteiger partial charge in [-0.15, -0.1) is 0 Å². The third-order valence-electron chi connectivity index (χ3n) is 1.37. The van der Waals surface area contributed by atoms with Gasteiger partial charge in [0.15, 0.2) is 0 Å². The van der Waals surface area contributed by atoms with Crippen LogP contribution in [0.2, 0.25) is 0 Å². The second-order valence-electron chi connectivity index (χ2n) is 2.64. The standard InChI is InChI=1S/C7H8BrNO3/c1-3(2)4-5(6(10)11)12-7(8)9-4/h3H,1-2H3,(H,10,11). The minimum Gasteiger partial charge on any atom is -0.475 e. The number of carboxylic acid groups (broad SMARTS) is 1. The maximum atomic E-state index is 10.6. The van der Waals surface area contributed by atoms with E-state index in [9.17, 15) is 4.79 Å². The second kappa shape index (κ2) is 3.26. The predicted molar refractivity (Wildman–Crippen MR) is 45.3 cm³/mol. The Morgan fingerprint density at radius 2 is 2.25 bits per heavy atom.